The monoisotopic (exact) mass is 177 g/mol. The molecule has 0 aliphatic heterocycles. The third kappa shape index (κ3) is 2.77. The van der Waals surface area contributed by atoms with Crippen molar-refractivity contribution in [1.29, 1.82) is 5.26 Å². The van der Waals surface area contributed by atoms with Crippen LogP contribution in [0.1, 0.15) is 5.56 Å². The molecule has 0 aliphatic rings. The SMILES string of the molecule is COC(C#N)Cc1ccc(O)cc1. The van der Waals surface area contributed by atoms with Crippen molar-refractivity contribution in [1.82, 2.24) is 0 Å². The summed E-state index contributed by atoms with van der Waals surface area (Å²) in [5, 5.41) is 17.6. The van der Waals surface area contributed by atoms with Crippen molar-refractivity contribution in [2.75, 3.05) is 7.11 Å². The topological polar surface area (TPSA) is 53.2 Å². The van der Waals surface area contributed by atoms with Gasteiger partial charge in [-0.3, -0.25) is 0 Å². The number of nitriles is 1. The van der Waals surface area contributed by atoms with E-state index >= 15 is 0 Å². The Morgan fingerprint density at radius 1 is 1.46 bits per heavy atom. The van der Waals surface area contributed by atoms with E-state index in [0.29, 0.717) is 6.42 Å². The van der Waals surface area contributed by atoms with Crippen LogP contribution in [0.5, 0.6) is 5.75 Å². The third-order valence-electron chi connectivity index (χ3n) is 1.79. The molecule has 0 aromatic heterocycles. The lowest BCUT2D eigenvalue weighted by molar-refractivity contribution is 0.147. The van der Waals surface area contributed by atoms with Gasteiger partial charge in [0, 0.05) is 13.5 Å². The van der Waals surface area contributed by atoms with Crippen LogP contribution in [0.15, 0.2) is 24.3 Å². The molecule has 0 radical (unpaired) electrons. The van der Waals surface area contributed by atoms with E-state index in [1.807, 2.05) is 6.07 Å². The molecule has 1 N–H and O–H groups in total. The van der Waals surface area contributed by atoms with Crippen LogP contribution in [-0.4, -0.2) is 18.3 Å². The van der Waals surface area contributed by atoms with Gasteiger partial charge in [-0.25, -0.2) is 0 Å². The van der Waals surface area contributed by atoms with Crippen molar-refractivity contribution < 1.29 is 9.84 Å². The highest BCUT2D eigenvalue weighted by atomic mass is 16.5. The fraction of sp³-hybridized carbons (Fsp3) is 0.300. The number of phenols is 1. The Bertz CT molecular complexity index is 300. The Morgan fingerprint density at radius 2 is 2.08 bits per heavy atom. The van der Waals surface area contributed by atoms with Crippen LogP contribution in [0.2, 0.25) is 0 Å². The molecule has 0 saturated heterocycles. The average molecular weight is 177 g/mol. The molecule has 13 heavy (non-hydrogen) atoms. The lowest BCUT2D eigenvalue weighted by Crippen LogP contribution is -2.10. The Hall–Kier alpha value is -1.53. The van der Waals surface area contributed by atoms with E-state index in [1.165, 1.54) is 7.11 Å². The summed E-state index contributed by atoms with van der Waals surface area (Å²) in [6, 6.07) is 8.78. The average Bonchev–Trinajstić information content (AvgIpc) is 2.17. The molecule has 0 bridgehead atoms. The van der Waals surface area contributed by atoms with Gasteiger partial charge in [0.05, 0.1) is 6.07 Å². The highest BCUT2D eigenvalue weighted by Gasteiger charge is 2.05. The van der Waals surface area contributed by atoms with Gasteiger partial charge >= 0.3 is 0 Å². The number of methoxy groups -OCH3 is 1. The van der Waals surface area contributed by atoms with E-state index in [2.05, 4.69) is 0 Å². The molecule has 3 heteroatoms. The second kappa shape index (κ2) is 4.48. The maximum atomic E-state index is 9.01. The van der Waals surface area contributed by atoms with E-state index in [-0.39, 0.29) is 5.75 Å². The molecule has 0 amide bonds. The molecular formula is C10H11NO2. The van der Waals surface area contributed by atoms with Crippen molar-refractivity contribution in [3.63, 3.8) is 0 Å². The normalized spacial score (nSPS) is 12.0. The number of hydrogen-bond acceptors (Lipinski definition) is 3. The van der Waals surface area contributed by atoms with E-state index in [9.17, 15) is 0 Å². The molecule has 1 unspecified atom stereocenters. The number of aromatic hydroxyl groups is 1. The molecule has 0 saturated carbocycles. The quantitative estimate of drug-likeness (QED) is 0.760. The second-order valence-electron chi connectivity index (χ2n) is 2.72. The summed E-state index contributed by atoms with van der Waals surface area (Å²) in [5.74, 6) is 0.231. The van der Waals surface area contributed by atoms with Gasteiger partial charge in [-0.15, -0.1) is 0 Å². The molecule has 1 aromatic rings. The second-order valence-corrected chi connectivity index (χ2v) is 2.72. The zero-order chi connectivity index (χ0) is 9.68. The minimum absolute atomic E-state index is 0.231. The third-order valence-corrected chi connectivity index (χ3v) is 1.79. The summed E-state index contributed by atoms with van der Waals surface area (Å²) in [7, 11) is 1.51. The van der Waals surface area contributed by atoms with Crippen molar-refractivity contribution in [3.8, 4) is 11.8 Å². The maximum Gasteiger partial charge on any atom is 0.147 e. The van der Waals surface area contributed by atoms with E-state index in [0.717, 1.165) is 5.56 Å². The molecule has 68 valence electrons. The van der Waals surface area contributed by atoms with Crippen molar-refractivity contribution in [2.45, 2.75) is 12.5 Å². The minimum Gasteiger partial charge on any atom is -0.508 e. The predicted octanol–water partition coefficient (Wildman–Crippen LogP) is 1.47. The number of rotatable bonds is 3. The van der Waals surface area contributed by atoms with Crippen LogP contribution < -0.4 is 0 Å². The van der Waals surface area contributed by atoms with Gasteiger partial charge in [0.25, 0.3) is 0 Å². The fourth-order valence-corrected chi connectivity index (χ4v) is 1.03. The number of ether oxygens (including phenoxy) is 1. The zero-order valence-corrected chi connectivity index (χ0v) is 7.40. The van der Waals surface area contributed by atoms with Crippen molar-refractivity contribution in [3.05, 3.63) is 29.8 Å². The fourth-order valence-electron chi connectivity index (χ4n) is 1.03. The first kappa shape index (κ1) is 9.56. The molecule has 1 atom stereocenters. The minimum atomic E-state index is -0.412. The highest BCUT2D eigenvalue weighted by molar-refractivity contribution is 5.26. The Morgan fingerprint density at radius 3 is 2.54 bits per heavy atom. The summed E-state index contributed by atoms with van der Waals surface area (Å²) in [6.07, 6.45) is 0.136. The molecule has 0 fully saturated rings. The first-order valence-corrected chi connectivity index (χ1v) is 3.96. The Balaban J connectivity index is 2.64. The van der Waals surface area contributed by atoms with Crippen LogP contribution in [0.25, 0.3) is 0 Å². The summed E-state index contributed by atoms with van der Waals surface area (Å²) in [4.78, 5) is 0. The van der Waals surface area contributed by atoms with Crippen molar-refractivity contribution in [2.24, 2.45) is 0 Å². The van der Waals surface area contributed by atoms with E-state index in [1.54, 1.807) is 24.3 Å². The summed E-state index contributed by atoms with van der Waals surface area (Å²) in [5.41, 5.74) is 0.978. The zero-order valence-electron chi connectivity index (χ0n) is 7.40. The summed E-state index contributed by atoms with van der Waals surface area (Å²) >= 11 is 0. The van der Waals surface area contributed by atoms with Crippen LogP contribution in [0.3, 0.4) is 0 Å². The lowest BCUT2D eigenvalue weighted by Gasteiger charge is -2.06. The largest absolute Gasteiger partial charge is 0.508 e. The maximum absolute atomic E-state index is 9.01. The molecule has 1 rings (SSSR count). The number of benzene rings is 1. The van der Waals surface area contributed by atoms with Crippen LogP contribution in [0.4, 0.5) is 0 Å². The molecular weight excluding hydrogens is 166 g/mol. The Labute approximate surface area is 77.2 Å². The smallest absolute Gasteiger partial charge is 0.147 e. The number of phenolic OH excluding ortho intramolecular Hbond substituents is 1. The summed E-state index contributed by atoms with van der Waals surface area (Å²) < 4.78 is 4.91. The standard InChI is InChI=1S/C10H11NO2/c1-13-10(7-11)6-8-2-4-9(12)5-3-8/h2-5,10,12H,6H2,1H3. The molecule has 0 spiro atoms. The van der Waals surface area contributed by atoms with Crippen LogP contribution in [-0.2, 0) is 11.2 Å². The van der Waals surface area contributed by atoms with Crippen molar-refractivity contribution >= 4 is 0 Å². The Kier molecular flexibility index (Phi) is 3.30. The van der Waals surface area contributed by atoms with Crippen LogP contribution in [0, 0.1) is 11.3 Å². The number of nitrogens with zero attached hydrogens (tertiary/aromatic N) is 1. The lowest BCUT2D eigenvalue weighted by atomic mass is 10.1. The van der Waals surface area contributed by atoms with Gasteiger partial charge in [0.2, 0.25) is 0 Å². The summed E-state index contributed by atoms with van der Waals surface area (Å²) in [6.45, 7) is 0. The highest BCUT2D eigenvalue weighted by Crippen LogP contribution is 2.11. The predicted molar refractivity (Wildman–Crippen MR) is 48.2 cm³/mol. The van der Waals surface area contributed by atoms with Gasteiger partial charge in [-0.05, 0) is 17.7 Å². The van der Waals surface area contributed by atoms with Crippen LogP contribution >= 0.6 is 0 Å². The molecule has 0 heterocycles. The molecule has 1 aromatic carbocycles. The van der Waals surface area contributed by atoms with E-state index in [4.69, 9.17) is 15.1 Å². The van der Waals surface area contributed by atoms with Gasteiger partial charge in [-0.2, -0.15) is 5.26 Å². The van der Waals surface area contributed by atoms with E-state index < -0.39 is 6.10 Å². The molecule has 0 aliphatic carbocycles. The van der Waals surface area contributed by atoms with Gasteiger partial charge in [0.15, 0.2) is 0 Å². The van der Waals surface area contributed by atoms with Gasteiger partial charge < -0.3 is 9.84 Å². The van der Waals surface area contributed by atoms with Gasteiger partial charge in [0.1, 0.15) is 11.9 Å². The van der Waals surface area contributed by atoms with Gasteiger partial charge in [-0.1, -0.05) is 12.1 Å². The molecule has 3 nitrogen and oxygen atoms in total. The number of hydrogen-bond donors (Lipinski definition) is 1. The first-order valence-electron chi connectivity index (χ1n) is 3.96. The first-order chi connectivity index (χ1) is 6.26.